The molecular weight excluding hydrogens is 416 g/mol. The normalized spacial score (nSPS) is 23.6. The smallest absolute Gasteiger partial charge is 0.303 e. The van der Waals surface area contributed by atoms with Gasteiger partial charge in [-0.2, -0.15) is 5.10 Å². The predicted octanol–water partition coefficient (Wildman–Crippen LogP) is 5.34. The van der Waals surface area contributed by atoms with Gasteiger partial charge in [0.2, 0.25) is 5.91 Å². The van der Waals surface area contributed by atoms with Crippen LogP contribution in [-0.4, -0.2) is 40.9 Å². The lowest BCUT2D eigenvalue weighted by Gasteiger charge is -2.40. The molecule has 2 aliphatic carbocycles. The average Bonchev–Trinajstić information content (AvgIpc) is 3.11. The summed E-state index contributed by atoms with van der Waals surface area (Å²) in [6.07, 6.45) is 15.2. The van der Waals surface area contributed by atoms with E-state index in [2.05, 4.69) is 24.3 Å². The molecule has 1 aromatic carbocycles. The zero-order chi connectivity index (χ0) is 23.2. The van der Waals surface area contributed by atoms with Crippen LogP contribution in [-0.2, 0) is 16.0 Å². The molecule has 1 fully saturated rings. The van der Waals surface area contributed by atoms with Crippen LogP contribution in [0.2, 0.25) is 0 Å². The highest BCUT2D eigenvalue weighted by Gasteiger charge is 2.42. The van der Waals surface area contributed by atoms with E-state index in [1.807, 2.05) is 11.1 Å². The van der Waals surface area contributed by atoms with Gasteiger partial charge in [-0.05, 0) is 74.3 Å². The van der Waals surface area contributed by atoms with E-state index in [1.54, 1.807) is 7.11 Å². The van der Waals surface area contributed by atoms with Crippen molar-refractivity contribution in [1.82, 2.24) is 5.01 Å². The number of methoxy groups -OCH3 is 1. The number of hydrogen-bond acceptors (Lipinski definition) is 4. The Bertz CT molecular complexity index is 915. The molecule has 1 heterocycles. The van der Waals surface area contributed by atoms with Crippen LogP contribution in [0.3, 0.4) is 0 Å². The van der Waals surface area contributed by atoms with Gasteiger partial charge in [0.1, 0.15) is 5.75 Å². The van der Waals surface area contributed by atoms with Gasteiger partial charge in [-0.25, -0.2) is 5.01 Å². The molecule has 1 aliphatic heterocycles. The van der Waals surface area contributed by atoms with E-state index in [4.69, 9.17) is 14.9 Å². The van der Waals surface area contributed by atoms with Gasteiger partial charge in [-0.3, -0.25) is 9.59 Å². The molecule has 0 radical (unpaired) electrons. The number of nitrogens with zero attached hydrogens (tertiary/aromatic N) is 2. The Kier molecular flexibility index (Phi) is 7.84. The lowest BCUT2D eigenvalue weighted by Crippen LogP contribution is -2.49. The molecule has 2 atom stereocenters. The van der Waals surface area contributed by atoms with Crippen molar-refractivity contribution < 1.29 is 19.4 Å². The molecule has 1 amide bonds. The summed E-state index contributed by atoms with van der Waals surface area (Å²) >= 11 is 0. The lowest BCUT2D eigenvalue weighted by molar-refractivity contribution is -0.140. The van der Waals surface area contributed by atoms with Crippen LogP contribution in [0.1, 0.15) is 81.8 Å². The van der Waals surface area contributed by atoms with Crippen molar-refractivity contribution in [2.24, 2.45) is 16.9 Å². The van der Waals surface area contributed by atoms with E-state index >= 15 is 0 Å². The Morgan fingerprint density at radius 1 is 1.09 bits per heavy atom. The number of aliphatic carboxylic acids is 1. The number of carboxylic acid groups (broad SMARTS) is 1. The van der Waals surface area contributed by atoms with Crippen molar-refractivity contribution in [3.05, 3.63) is 41.5 Å². The monoisotopic (exact) mass is 452 g/mol. The summed E-state index contributed by atoms with van der Waals surface area (Å²) in [5, 5.41) is 15.8. The summed E-state index contributed by atoms with van der Waals surface area (Å²) in [6.45, 7) is 0. The van der Waals surface area contributed by atoms with Gasteiger partial charge in [0, 0.05) is 12.3 Å². The summed E-state index contributed by atoms with van der Waals surface area (Å²) in [6, 6.07) is 6.41. The third-order valence-corrected chi connectivity index (χ3v) is 7.38. The van der Waals surface area contributed by atoms with Crippen molar-refractivity contribution in [2.75, 3.05) is 7.11 Å². The van der Waals surface area contributed by atoms with Crippen LogP contribution in [0, 0.1) is 11.8 Å². The fourth-order valence-electron chi connectivity index (χ4n) is 5.56. The number of hydrogen-bond donors (Lipinski definition) is 1. The van der Waals surface area contributed by atoms with Crippen molar-refractivity contribution in [3.63, 3.8) is 0 Å². The number of rotatable bonds is 8. The zero-order valence-corrected chi connectivity index (χ0v) is 19.7. The van der Waals surface area contributed by atoms with Crippen LogP contribution in [0.15, 0.2) is 35.5 Å². The molecule has 3 aliphatic rings. The first-order chi connectivity index (χ1) is 16.1. The number of allylic oxidation sites excluding steroid dienone is 2. The van der Waals surface area contributed by atoms with Crippen molar-refractivity contribution >= 4 is 17.6 Å². The summed E-state index contributed by atoms with van der Waals surface area (Å²) in [4.78, 5) is 24.3. The van der Waals surface area contributed by atoms with Gasteiger partial charge in [-0.1, -0.05) is 37.8 Å². The minimum atomic E-state index is -0.757. The number of unbranched alkanes of at least 4 members (excludes halogenated alkanes) is 1. The van der Waals surface area contributed by atoms with Gasteiger partial charge in [-0.15, -0.1) is 0 Å². The fourth-order valence-corrected chi connectivity index (χ4v) is 5.56. The first-order valence-corrected chi connectivity index (χ1v) is 12.5. The van der Waals surface area contributed by atoms with Crippen LogP contribution in [0.5, 0.6) is 5.75 Å². The van der Waals surface area contributed by atoms with Crippen LogP contribution in [0.25, 0.3) is 0 Å². The maximum Gasteiger partial charge on any atom is 0.303 e. The molecule has 4 rings (SSSR count). The number of benzene rings is 1. The number of hydrazone groups is 1. The van der Waals surface area contributed by atoms with E-state index in [1.165, 1.54) is 12.8 Å². The average molecular weight is 453 g/mol. The van der Waals surface area contributed by atoms with Gasteiger partial charge in [0.05, 0.1) is 24.8 Å². The maximum atomic E-state index is 13.5. The number of carboxylic acids is 1. The largest absolute Gasteiger partial charge is 0.496 e. The molecule has 2 unspecified atom stereocenters. The molecule has 1 N–H and O–H groups in total. The third-order valence-electron chi connectivity index (χ3n) is 7.38. The maximum absolute atomic E-state index is 13.5. The highest BCUT2D eigenvalue weighted by Crippen LogP contribution is 2.38. The van der Waals surface area contributed by atoms with Crippen LogP contribution < -0.4 is 4.74 Å². The van der Waals surface area contributed by atoms with Gasteiger partial charge in [0.25, 0.3) is 0 Å². The quantitative estimate of drug-likeness (QED) is 0.328. The summed E-state index contributed by atoms with van der Waals surface area (Å²) in [7, 11) is 1.67. The Balaban J connectivity index is 1.64. The minimum Gasteiger partial charge on any atom is -0.496 e. The van der Waals surface area contributed by atoms with Gasteiger partial charge < -0.3 is 9.84 Å². The third kappa shape index (κ3) is 5.48. The second kappa shape index (κ2) is 11.0. The molecule has 33 heavy (non-hydrogen) atoms. The number of carbonyl (C=O) groups is 2. The Morgan fingerprint density at radius 3 is 2.52 bits per heavy atom. The second-order valence-corrected chi connectivity index (χ2v) is 9.60. The van der Waals surface area contributed by atoms with Crippen LogP contribution >= 0.6 is 0 Å². The molecule has 6 heteroatoms. The molecule has 0 spiro atoms. The first-order valence-electron chi connectivity index (χ1n) is 12.5. The van der Waals surface area contributed by atoms with E-state index in [9.17, 15) is 9.59 Å². The first kappa shape index (κ1) is 23.5. The number of aryl methyl sites for hydroxylation is 1. The van der Waals surface area contributed by atoms with Gasteiger partial charge in [0.15, 0.2) is 0 Å². The molecular formula is C27H36N2O4. The molecule has 1 aromatic rings. The predicted molar refractivity (Wildman–Crippen MR) is 128 cm³/mol. The molecule has 178 valence electrons. The standard InChI is InChI=1S/C27H36N2O4/c1-33-24-17-16-20(18-19(24)10-6-9-15-25(30)31)26-22-13-7-8-14-23(22)27(32)29(28-26)21-11-4-2-3-5-12-21/h7-8,16-18,21-23H,2-6,9-15H2,1H3,(H,30,31). The van der Waals surface area contributed by atoms with Crippen LogP contribution in [0.4, 0.5) is 0 Å². The molecule has 6 nitrogen and oxygen atoms in total. The van der Waals surface area contributed by atoms with E-state index < -0.39 is 5.97 Å². The topological polar surface area (TPSA) is 79.2 Å². The minimum absolute atomic E-state index is 0.0353. The SMILES string of the molecule is COc1ccc(C2=NN(C3CCCCCC3)C(=O)C3CC=CCC23)cc1CCCCC(=O)O. The Labute approximate surface area is 196 Å². The van der Waals surface area contributed by atoms with E-state index in [0.717, 1.165) is 74.0 Å². The van der Waals surface area contributed by atoms with Crippen molar-refractivity contribution in [3.8, 4) is 5.75 Å². The number of amides is 1. The molecule has 0 aromatic heterocycles. The molecule has 1 saturated carbocycles. The summed E-state index contributed by atoms with van der Waals surface area (Å²) in [5.74, 6) is 0.335. The lowest BCUT2D eigenvalue weighted by atomic mass is 9.76. The Morgan fingerprint density at radius 2 is 1.82 bits per heavy atom. The zero-order valence-electron chi connectivity index (χ0n) is 19.7. The fraction of sp³-hybridized carbons (Fsp3) is 0.593. The highest BCUT2D eigenvalue weighted by atomic mass is 16.5. The van der Waals surface area contributed by atoms with Gasteiger partial charge >= 0.3 is 5.97 Å². The summed E-state index contributed by atoms with van der Waals surface area (Å²) < 4.78 is 5.59. The van der Waals surface area contributed by atoms with Crippen molar-refractivity contribution in [1.29, 1.82) is 0 Å². The van der Waals surface area contributed by atoms with Crippen molar-refractivity contribution in [2.45, 2.75) is 83.1 Å². The molecule has 0 bridgehead atoms. The van der Waals surface area contributed by atoms with E-state index in [-0.39, 0.29) is 30.2 Å². The Hall–Kier alpha value is -2.63. The second-order valence-electron chi connectivity index (χ2n) is 9.60. The highest BCUT2D eigenvalue weighted by molar-refractivity contribution is 6.07. The summed E-state index contributed by atoms with van der Waals surface area (Å²) in [5.41, 5.74) is 3.15. The van der Waals surface area contributed by atoms with E-state index in [0.29, 0.717) is 6.42 Å². The number of ether oxygens (including phenoxy) is 1. The number of carbonyl (C=O) groups excluding carboxylic acids is 1. The number of fused-ring (bicyclic) bond motifs is 1. The molecule has 0 saturated heterocycles.